The minimum Gasteiger partial charge on any atom is -0.383 e. The van der Waals surface area contributed by atoms with Crippen LogP contribution in [-0.2, 0) is 0 Å². The van der Waals surface area contributed by atoms with Crippen LogP contribution in [0.3, 0.4) is 0 Å². The van der Waals surface area contributed by atoms with Crippen molar-refractivity contribution in [2.75, 3.05) is 12.4 Å². The first-order valence-corrected chi connectivity index (χ1v) is 7.49. The van der Waals surface area contributed by atoms with Crippen LogP contribution >= 0.6 is 11.3 Å². The summed E-state index contributed by atoms with van der Waals surface area (Å²) in [5, 5.41) is 14.8. The summed E-state index contributed by atoms with van der Waals surface area (Å²) in [4.78, 5) is 15.2. The Morgan fingerprint density at radius 2 is 2.05 bits per heavy atom. The molecule has 0 bridgehead atoms. The molecule has 22 heavy (non-hydrogen) atoms. The number of anilines is 1. The fourth-order valence-corrected chi connectivity index (χ4v) is 3.01. The quantitative estimate of drug-likeness (QED) is 0.572. The van der Waals surface area contributed by atoms with Crippen LogP contribution in [0.5, 0.6) is 0 Å². The van der Waals surface area contributed by atoms with Gasteiger partial charge in [0.05, 0.1) is 15.1 Å². The van der Waals surface area contributed by atoms with E-state index in [-0.39, 0.29) is 10.6 Å². The van der Waals surface area contributed by atoms with E-state index in [1.807, 2.05) is 42.5 Å². The van der Waals surface area contributed by atoms with Crippen molar-refractivity contribution in [2.24, 2.45) is 0 Å². The average molecular weight is 311 g/mol. The Hall–Kier alpha value is -2.73. The van der Waals surface area contributed by atoms with E-state index in [9.17, 15) is 10.1 Å². The Morgan fingerprint density at radius 1 is 1.23 bits per heavy atom. The lowest BCUT2D eigenvalue weighted by Gasteiger charge is -2.02. The van der Waals surface area contributed by atoms with E-state index >= 15 is 0 Å². The fraction of sp³-hybridized carbons (Fsp3) is 0.0625. The van der Waals surface area contributed by atoms with Gasteiger partial charge in [0.2, 0.25) is 0 Å². The molecule has 0 aliphatic carbocycles. The molecule has 1 aromatic heterocycles. The third-order valence-corrected chi connectivity index (χ3v) is 4.22. The van der Waals surface area contributed by atoms with Gasteiger partial charge in [0.15, 0.2) is 0 Å². The minimum absolute atomic E-state index is 0.0638. The zero-order chi connectivity index (χ0) is 15.5. The normalized spacial score (nSPS) is 11.1. The average Bonchev–Trinajstić information content (AvgIpc) is 2.95. The van der Waals surface area contributed by atoms with Crippen molar-refractivity contribution >= 4 is 45.1 Å². The second-order valence-corrected chi connectivity index (χ2v) is 5.70. The molecule has 0 saturated heterocycles. The number of thiazole rings is 1. The summed E-state index contributed by atoms with van der Waals surface area (Å²) in [6, 6.07) is 13.0. The van der Waals surface area contributed by atoms with Gasteiger partial charge in [-0.3, -0.25) is 10.1 Å². The Labute approximate surface area is 131 Å². The molecular formula is C16H13N3O2S. The van der Waals surface area contributed by atoms with E-state index in [4.69, 9.17) is 0 Å². The lowest BCUT2D eigenvalue weighted by molar-refractivity contribution is -0.383. The van der Waals surface area contributed by atoms with Gasteiger partial charge in [-0.15, -0.1) is 11.3 Å². The van der Waals surface area contributed by atoms with Gasteiger partial charge in [-0.1, -0.05) is 24.3 Å². The predicted molar refractivity (Wildman–Crippen MR) is 91.2 cm³/mol. The number of hydrogen-bond acceptors (Lipinski definition) is 5. The van der Waals surface area contributed by atoms with Crippen molar-refractivity contribution in [3.63, 3.8) is 0 Å². The summed E-state index contributed by atoms with van der Waals surface area (Å²) in [7, 11) is 1.67. The van der Waals surface area contributed by atoms with Gasteiger partial charge >= 0.3 is 0 Å². The number of nitrogens with one attached hydrogen (secondary N) is 1. The third kappa shape index (κ3) is 2.82. The first-order valence-electron chi connectivity index (χ1n) is 6.67. The molecule has 0 radical (unpaired) electrons. The zero-order valence-electron chi connectivity index (χ0n) is 11.8. The molecule has 6 heteroatoms. The second-order valence-electron chi connectivity index (χ2n) is 4.64. The van der Waals surface area contributed by atoms with Gasteiger partial charge in [-0.05, 0) is 29.8 Å². The Bertz CT molecular complexity index is 838. The van der Waals surface area contributed by atoms with Gasteiger partial charge in [-0.2, -0.15) is 0 Å². The molecule has 0 aliphatic heterocycles. The number of nitrogens with zero attached hydrogens (tertiary/aromatic N) is 2. The number of hydrogen-bond donors (Lipinski definition) is 1. The van der Waals surface area contributed by atoms with E-state index in [1.54, 1.807) is 30.5 Å². The van der Waals surface area contributed by atoms with Crippen LogP contribution in [0, 0.1) is 10.1 Å². The molecule has 0 saturated carbocycles. The number of aromatic nitrogens is 1. The van der Waals surface area contributed by atoms with E-state index in [0.717, 1.165) is 20.8 Å². The van der Waals surface area contributed by atoms with Crippen molar-refractivity contribution in [3.05, 3.63) is 63.1 Å². The van der Waals surface area contributed by atoms with Gasteiger partial charge in [-0.25, -0.2) is 4.98 Å². The van der Waals surface area contributed by atoms with Crippen LogP contribution in [0.1, 0.15) is 10.6 Å². The number of nitro groups is 1. The maximum atomic E-state index is 11.1. The molecule has 0 spiro atoms. The van der Waals surface area contributed by atoms with Gasteiger partial charge in [0.25, 0.3) is 5.69 Å². The van der Waals surface area contributed by atoms with Crippen molar-refractivity contribution in [1.29, 1.82) is 0 Å². The molecule has 1 heterocycles. The molecule has 2 aromatic carbocycles. The van der Waals surface area contributed by atoms with Crippen molar-refractivity contribution in [3.8, 4) is 0 Å². The van der Waals surface area contributed by atoms with E-state index in [0.29, 0.717) is 5.69 Å². The Morgan fingerprint density at radius 3 is 2.77 bits per heavy atom. The lowest BCUT2D eigenvalue weighted by atomic mass is 10.1. The Balaban J connectivity index is 1.91. The molecule has 0 amide bonds. The summed E-state index contributed by atoms with van der Waals surface area (Å²) in [6.07, 6.45) is 3.72. The highest BCUT2D eigenvalue weighted by Crippen LogP contribution is 2.27. The number of rotatable bonds is 4. The van der Waals surface area contributed by atoms with Crippen LogP contribution in [0.4, 0.5) is 11.4 Å². The van der Waals surface area contributed by atoms with Gasteiger partial charge in [0.1, 0.15) is 10.7 Å². The number of nitro benzene ring substituents is 1. The SMILES string of the molecule is CNc1ccc(C=Cc2nc3ccccc3s2)cc1[N+](=O)[O-]. The zero-order valence-corrected chi connectivity index (χ0v) is 12.6. The fourth-order valence-electron chi connectivity index (χ4n) is 2.14. The highest BCUT2D eigenvalue weighted by atomic mass is 32.1. The highest BCUT2D eigenvalue weighted by molar-refractivity contribution is 7.19. The van der Waals surface area contributed by atoms with Crippen LogP contribution < -0.4 is 5.32 Å². The van der Waals surface area contributed by atoms with Crippen LogP contribution in [0.25, 0.3) is 22.4 Å². The summed E-state index contributed by atoms with van der Waals surface area (Å²) in [5.41, 5.74) is 2.30. The third-order valence-electron chi connectivity index (χ3n) is 3.22. The summed E-state index contributed by atoms with van der Waals surface area (Å²) >= 11 is 1.59. The molecule has 1 N–H and O–H groups in total. The largest absolute Gasteiger partial charge is 0.383 e. The molecule has 0 unspecified atom stereocenters. The summed E-state index contributed by atoms with van der Waals surface area (Å²) in [6.45, 7) is 0. The van der Waals surface area contributed by atoms with Gasteiger partial charge in [0, 0.05) is 13.1 Å². The molecule has 3 rings (SSSR count). The Kier molecular flexibility index (Phi) is 3.84. The maximum absolute atomic E-state index is 11.1. The molecule has 0 aliphatic rings. The van der Waals surface area contributed by atoms with Crippen molar-refractivity contribution < 1.29 is 4.92 Å². The molecule has 5 nitrogen and oxygen atoms in total. The van der Waals surface area contributed by atoms with Crippen molar-refractivity contribution in [2.45, 2.75) is 0 Å². The number of benzene rings is 2. The van der Waals surface area contributed by atoms with E-state index in [2.05, 4.69) is 10.3 Å². The van der Waals surface area contributed by atoms with Crippen LogP contribution in [0.2, 0.25) is 0 Å². The first-order chi connectivity index (χ1) is 10.7. The lowest BCUT2D eigenvalue weighted by Crippen LogP contribution is -1.96. The van der Waals surface area contributed by atoms with Crippen LogP contribution in [-0.4, -0.2) is 17.0 Å². The molecule has 0 fully saturated rings. The minimum atomic E-state index is -0.388. The highest BCUT2D eigenvalue weighted by Gasteiger charge is 2.12. The standard InChI is InChI=1S/C16H13N3O2S/c1-17-12-8-6-11(10-14(12)19(20)21)7-9-16-18-13-4-2-3-5-15(13)22-16/h2-10,17H,1H3. The molecular weight excluding hydrogens is 298 g/mol. The molecule has 0 atom stereocenters. The van der Waals surface area contributed by atoms with Crippen molar-refractivity contribution in [1.82, 2.24) is 4.98 Å². The van der Waals surface area contributed by atoms with Crippen LogP contribution in [0.15, 0.2) is 42.5 Å². The molecule has 110 valence electrons. The smallest absolute Gasteiger partial charge is 0.292 e. The second kappa shape index (κ2) is 5.95. The number of fused-ring (bicyclic) bond motifs is 1. The first kappa shape index (κ1) is 14.2. The monoisotopic (exact) mass is 311 g/mol. The predicted octanol–water partition coefficient (Wildman–Crippen LogP) is 4.42. The summed E-state index contributed by atoms with van der Waals surface area (Å²) < 4.78 is 1.12. The maximum Gasteiger partial charge on any atom is 0.292 e. The molecule has 3 aromatic rings. The topological polar surface area (TPSA) is 68.1 Å². The summed E-state index contributed by atoms with van der Waals surface area (Å²) in [5.74, 6) is 0. The van der Waals surface area contributed by atoms with E-state index < -0.39 is 0 Å². The van der Waals surface area contributed by atoms with Gasteiger partial charge < -0.3 is 5.32 Å². The van der Waals surface area contributed by atoms with E-state index in [1.165, 1.54) is 0 Å². The number of para-hydroxylation sites is 1.